The number of benzene rings is 1. The van der Waals surface area contributed by atoms with Crippen molar-refractivity contribution in [3.05, 3.63) is 29.8 Å². The van der Waals surface area contributed by atoms with Crippen LogP contribution in [0.1, 0.15) is 12.5 Å². The molecule has 1 aliphatic rings. The quantitative estimate of drug-likeness (QED) is 0.255. The van der Waals surface area contributed by atoms with E-state index < -0.39 is 0 Å². The highest BCUT2D eigenvalue weighted by Gasteiger charge is 2.25. The van der Waals surface area contributed by atoms with E-state index in [0.717, 1.165) is 25.0 Å². The lowest BCUT2D eigenvalue weighted by atomic mass is 10.1. The normalized spacial score (nSPS) is 14.4. The highest BCUT2D eigenvalue weighted by molar-refractivity contribution is 7.94. The summed E-state index contributed by atoms with van der Waals surface area (Å²) in [5.41, 5.74) is 3.93. The number of hydrogen-bond donors (Lipinski definition) is 0. The summed E-state index contributed by atoms with van der Waals surface area (Å²) >= 11 is 1.03. The Kier molecular flexibility index (Phi) is 3.95. The molecular formula is C11H13NO3S. The van der Waals surface area contributed by atoms with Gasteiger partial charge in [0.15, 0.2) is 12.3 Å². The fourth-order valence-electron chi connectivity index (χ4n) is 1.99. The highest BCUT2D eigenvalue weighted by Crippen LogP contribution is 2.25. The molecule has 0 aliphatic carbocycles. The predicted octanol–water partition coefficient (Wildman–Crippen LogP) is 1.22. The van der Waals surface area contributed by atoms with E-state index in [1.165, 1.54) is 17.0 Å². The van der Waals surface area contributed by atoms with Crippen LogP contribution >= 0.6 is 12.0 Å². The predicted molar refractivity (Wildman–Crippen MR) is 60.2 cm³/mol. The molecule has 0 bridgehead atoms. The summed E-state index contributed by atoms with van der Waals surface area (Å²) in [6.45, 7) is 2.94. The second-order valence-electron chi connectivity index (χ2n) is 3.65. The van der Waals surface area contributed by atoms with Crippen molar-refractivity contribution in [1.82, 2.24) is 0 Å². The summed E-state index contributed by atoms with van der Waals surface area (Å²) in [6.07, 6.45) is 1.000. The molecule has 1 aromatic rings. The summed E-state index contributed by atoms with van der Waals surface area (Å²) < 4.78 is 6.49. The topological polar surface area (TPSA) is 44.5 Å². The molecule has 0 N–H and O–H groups in total. The number of para-hydroxylation sites is 1. The fraction of sp³-hybridized carbons (Fsp3) is 0.364. The van der Waals surface area contributed by atoms with E-state index in [2.05, 4.69) is 39.1 Å². The van der Waals surface area contributed by atoms with Gasteiger partial charge in [0, 0.05) is 30.6 Å². The first-order valence-corrected chi connectivity index (χ1v) is 6.00. The van der Waals surface area contributed by atoms with Crippen molar-refractivity contribution in [3.8, 4) is 0 Å². The molecule has 16 heavy (non-hydrogen) atoms. The van der Waals surface area contributed by atoms with E-state index >= 15 is 0 Å². The standard InChI is InChI=1S/C11H13NO3S/c1-9-8-10-4-2-3-5-11(10)12(9)6-7-16-15-14-13/h2-5H,6-8H2,1H3. The van der Waals surface area contributed by atoms with Gasteiger partial charge in [0.1, 0.15) is 0 Å². The summed E-state index contributed by atoms with van der Waals surface area (Å²) in [5.74, 6) is 0.688. The van der Waals surface area contributed by atoms with Gasteiger partial charge in [-0.2, -0.15) is 8.91 Å². The Hall–Kier alpha value is -0.880. The van der Waals surface area contributed by atoms with Crippen LogP contribution < -0.4 is 5.26 Å². The Labute approximate surface area is 98.6 Å². The molecule has 0 radical (unpaired) electrons. The number of nitrogens with zero attached hydrogens (tertiary/aromatic N) is 1. The van der Waals surface area contributed by atoms with Gasteiger partial charge in [-0.05, 0) is 0 Å². The van der Waals surface area contributed by atoms with Gasteiger partial charge < -0.3 is 5.26 Å². The molecule has 5 heteroatoms. The van der Waals surface area contributed by atoms with Crippen molar-refractivity contribution >= 4 is 23.4 Å². The largest absolute Gasteiger partial charge is 0.691 e. The lowest BCUT2D eigenvalue weighted by Gasteiger charge is -2.03. The van der Waals surface area contributed by atoms with Crippen molar-refractivity contribution in [2.45, 2.75) is 13.3 Å². The zero-order valence-electron chi connectivity index (χ0n) is 9.01. The molecule has 86 valence electrons. The Morgan fingerprint density at radius 3 is 3.06 bits per heavy atom. The van der Waals surface area contributed by atoms with Gasteiger partial charge >= 0.3 is 0 Å². The summed E-state index contributed by atoms with van der Waals surface area (Å²) in [7, 11) is 0. The molecule has 0 unspecified atom stereocenters. The van der Waals surface area contributed by atoms with Gasteiger partial charge in [-0.25, -0.2) is 0 Å². The van der Waals surface area contributed by atoms with Crippen molar-refractivity contribution in [2.24, 2.45) is 0 Å². The minimum atomic E-state index is 0.688. The fourth-order valence-corrected chi connectivity index (χ4v) is 2.36. The van der Waals surface area contributed by atoms with Crippen LogP contribution in [0.3, 0.4) is 0 Å². The van der Waals surface area contributed by atoms with Crippen LogP contribution in [0.15, 0.2) is 24.3 Å². The number of fused-ring (bicyclic) bond motifs is 1. The Morgan fingerprint density at radius 1 is 1.44 bits per heavy atom. The molecule has 0 saturated heterocycles. The average Bonchev–Trinajstić information content (AvgIpc) is 2.61. The van der Waals surface area contributed by atoms with Gasteiger partial charge in [-0.1, -0.05) is 18.2 Å². The van der Waals surface area contributed by atoms with Crippen LogP contribution in [0.5, 0.6) is 0 Å². The molecule has 0 atom stereocenters. The van der Waals surface area contributed by atoms with E-state index in [9.17, 15) is 5.26 Å². The van der Waals surface area contributed by atoms with Gasteiger partial charge in [0.05, 0.1) is 12.2 Å². The lowest BCUT2D eigenvalue weighted by molar-refractivity contribution is -0.777. The van der Waals surface area contributed by atoms with E-state index in [1.807, 2.05) is 6.07 Å². The van der Waals surface area contributed by atoms with Crippen molar-refractivity contribution < 1.29 is 19.2 Å². The molecule has 1 aromatic carbocycles. The summed E-state index contributed by atoms with van der Waals surface area (Å²) in [5, 5.41) is 12.9. The Bertz CT molecular complexity index is 406. The van der Waals surface area contributed by atoms with E-state index in [4.69, 9.17) is 0 Å². The minimum Gasteiger partial charge on any atom is -0.691 e. The smallest absolute Gasteiger partial charge is 0.208 e. The van der Waals surface area contributed by atoms with Crippen LogP contribution in [-0.4, -0.2) is 22.6 Å². The van der Waals surface area contributed by atoms with Crippen LogP contribution in [0.2, 0.25) is 0 Å². The van der Waals surface area contributed by atoms with Crippen LogP contribution in [0.25, 0.3) is 0 Å². The first kappa shape index (κ1) is 11.6. The van der Waals surface area contributed by atoms with Crippen molar-refractivity contribution in [3.63, 3.8) is 0 Å². The summed E-state index contributed by atoms with van der Waals surface area (Å²) in [6, 6.07) is 8.35. The van der Waals surface area contributed by atoms with Crippen molar-refractivity contribution in [2.75, 3.05) is 12.3 Å². The minimum absolute atomic E-state index is 0.688. The maximum Gasteiger partial charge on any atom is 0.208 e. The van der Waals surface area contributed by atoms with Crippen LogP contribution in [-0.2, 0) is 15.8 Å². The monoisotopic (exact) mass is 239 g/mol. The lowest BCUT2D eigenvalue weighted by Crippen LogP contribution is -2.14. The molecule has 2 rings (SSSR count). The van der Waals surface area contributed by atoms with Crippen molar-refractivity contribution in [1.29, 1.82) is 0 Å². The van der Waals surface area contributed by atoms with Gasteiger partial charge in [0.2, 0.25) is 5.69 Å². The number of rotatable bonds is 5. The second kappa shape index (κ2) is 5.45. The maximum absolute atomic E-state index is 9.63. The van der Waals surface area contributed by atoms with E-state index in [0.29, 0.717) is 5.75 Å². The molecule has 0 saturated carbocycles. The highest BCUT2D eigenvalue weighted by atomic mass is 32.2. The third-order valence-electron chi connectivity index (χ3n) is 2.66. The molecule has 0 amide bonds. The first-order valence-electron chi connectivity index (χ1n) is 5.09. The molecule has 0 aromatic heterocycles. The Balaban J connectivity index is 2.01. The van der Waals surface area contributed by atoms with Crippen LogP contribution in [0.4, 0.5) is 5.69 Å². The molecule has 1 heterocycles. The molecule has 1 aliphatic heterocycles. The summed E-state index contributed by atoms with van der Waals surface area (Å²) in [4.78, 5) is 0. The third kappa shape index (κ3) is 2.44. The zero-order chi connectivity index (χ0) is 11.4. The maximum atomic E-state index is 9.63. The molecular weight excluding hydrogens is 226 g/mol. The first-order chi connectivity index (χ1) is 7.83. The SMILES string of the molecule is CC1=[N+](CCSOO[O-])c2ccccc2C1. The second-order valence-corrected chi connectivity index (χ2v) is 4.43. The average molecular weight is 239 g/mol. The Morgan fingerprint density at radius 2 is 2.25 bits per heavy atom. The molecule has 0 fully saturated rings. The van der Waals surface area contributed by atoms with Gasteiger partial charge in [0.25, 0.3) is 0 Å². The van der Waals surface area contributed by atoms with Crippen LogP contribution in [0, 0.1) is 0 Å². The third-order valence-corrected chi connectivity index (χ3v) is 3.16. The molecule has 0 spiro atoms. The van der Waals surface area contributed by atoms with Gasteiger partial charge in [-0.15, -0.1) is 0 Å². The van der Waals surface area contributed by atoms with E-state index in [-0.39, 0.29) is 0 Å². The number of hydrogen-bond acceptors (Lipinski definition) is 4. The van der Waals surface area contributed by atoms with E-state index in [1.54, 1.807) is 0 Å². The molecule has 4 nitrogen and oxygen atoms in total. The van der Waals surface area contributed by atoms with Gasteiger partial charge in [-0.3, -0.25) is 5.04 Å². The zero-order valence-corrected chi connectivity index (χ0v) is 9.83.